The number of hydrogen-bond donors (Lipinski definition) is 1. The van der Waals surface area contributed by atoms with Gasteiger partial charge >= 0.3 is 0 Å². The van der Waals surface area contributed by atoms with Gasteiger partial charge in [0.15, 0.2) is 6.61 Å². The molecule has 2 rings (SSSR count). The van der Waals surface area contributed by atoms with Crippen molar-refractivity contribution < 1.29 is 9.53 Å². The fourth-order valence-corrected chi connectivity index (χ4v) is 1.66. The van der Waals surface area contributed by atoms with Crippen LogP contribution >= 0.6 is 15.9 Å². The van der Waals surface area contributed by atoms with Crippen LogP contribution in [-0.2, 0) is 4.79 Å². The zero-order chi connectivity index (χ0) is 13.7. The average Bonchev–Trinajstić information content (AvgIpc) is 2.41. The largest absolute Gasteiger partial charge is 0.484 e. The summed E-state index contributed by atoms with van der Waals surface area (Å²) in [5.41, 5.74) is 1.05. The topological polar surface area (TPSA) is 51.2 Å². The molecule has 0 saturated heterocycles. The molecule has 1 aromatic carbocycles. The van der Waals surface area contributed by atoms with Gasteiger partial charge in [0.2, 0.25) is 0 Å². The van der Waals surface area contributed by atoms with Crippen LogP contribution in [0.1, 0.15) is 5.56 Å². The molecule has 19 heavy (non-hydrogen) atoms. The quantitative estimate of drug-likeness (QED) is 0.941. The minimum Gasteiger partial charge on any atom is -0.484 e. The lowest BCUT2D eigenvalue weighted by molar-refractivity contribution is -0.118. The van der Waals surface area contributed by atoms with Crippen LogP contribution in [0.4, 0.5) is 5.82 Å². The summed E-state index contributed by atoms with van der Waals surface area (Å²) >= 11 is 3.33. The van der Waals surface area contributed by atoms with Crippen molar-refractivity contribution in [2.75, 3.05) is 11.9 Å². The summed E-state index contributed by atoms with van der Waals surface area (Å²) in [6.45, 7) is 1.90. The van der Waals surface area contributed by atoms with Crippen LogP contribution in [0.2, 0.25) is 0 Å². The maximum Gasteiger partial charge on any atom is 0.263 e. The Morgan fingerprint density at radius 1 is 1.26 bits per heavy atom. The van der Waals surface area contributed by atoms with Gasteiger partial charge in [0.05, 0.1) is 0 Å². The summed E-state index contributed by atoms with van der Waals surface area (Å²) in [5.74, 6) is 0.935. The molecule has 5 heteroatoms. The molecule has 0 aliphatic rings. The first-order chi connectivity index (χ1) is 9.13. The van der Waals surface area contributed by atoms with Crippen molar-refractivity contribution in [2.45, 2.75) is 6.92 Å². The zero-order valence-electron chi connectivity index (χ0n) is 10.4. The van der Waals surface area contributed by atoms with Crippen LogP contribution in [0.25, 0.3) is 0 Å². The number of ether oxygens (including phenoxy) is 1. The third-order valence-electron chi connectivity index (χ3n) is 2.36. The van der Waals surface area contributed by atoms with Gasteiger partial charge in [-0.15, -0.1) is 0 Å². The molecule has 0 radical (unpaired) electrons. The Labute approximate surface area is 119 Å². The van der Waals surface area contributed by atoms with E-state index < -0.39 is 0 Å². The predicted molar refractivity (Wildman–Crippen MR) is 77.2 cm³/mol. The lowest BCUT2D eigenvalue weighted by atomic mass is 10.3. The van der Waals surface area contributed by atoms with Crippen LogP contribution in [0.5, 0.6) is 5.75 Å². The summed E-state index contributed by atoms with van der Waals surface area (Å²) in [6.07, 6.45) is 1.70. The molecule has 0 aliphatic carbocycles. The molecule has 0 fully saturated rings. The van der Waals surface area contributed by atoms with Gasteiger partial charge in [-0.3, -0.25) is 4.79 Å². The highest BCUT2D eigenvalue weighted by Crippen LogP contribution is 2.16. The lowest BCUT2D eigenvalue weighted by Gasteiger charge is -2.07. The molecule has 0 bridgehead atoms. The second-order valence-corrected chi connectivity index (χ2v) is 4.93. The summed E-state index contributed by atoms with van der Waals surface area (Å²) < 4.78 is 6.32. The van der Waals surface area contributed by atoms with E-state index >= 15 is 0 Å². The highest BCUT2D eigenvalue weighted by molar-refractivity contribution is 9.10. The summed E-state index contributed by atoms with van der Waals surface area (Å²) in [7, 11) is 0. The number of benzene rings is 1. The number of nitrogens with one attached hydrogen (secondary N) is 1. The van der Waals surface area contributed by atoms with Gasteiger partial charge in [-0.1, -0.05) is 22.0 Å². The van der Waals surface area contributed by atoms with Gasteiger partial charge in [0, 0.05) is 10.7 Å². The van der Waals surface area contributed by atoms with Crippen LogP contribution in [0.3, 0.4) is 0 Å². The molecule has 1 amide bonds. The van der Waals surface area contributed by atoms with E-state index in [2.05, 4.69) is 26.2 Å². The lowest BCUT2D eigenvalue weighted by Crippen LogP contribution is -2.20. The Morgan fingerprint density at radius 3 is 2.63 bits per heavy atom. The molecule has 1 N–H and O–H groups in total. The monoisotopic (exact) mass is 320 g/mol. The molecule has 0 aliphatic heterocycles. The number of pyridine rings is 1. The maximum atomic E-state index is 11.7. The van der Waals surface area contributed by atoms with Gasteiger partial charge in [-0.05, 0) is 42.8 Å². The Morgan fingerprint density at radius 2 is 2.00 bits per heavy atom. The molecule has 98 valence electrons. The SMILES string of the molecule is Cc1ccc(NC(=O)COc2ccc(Br)cc2)nc1. The first-order valence-corrected chi connectivity index (χ1v) is 6.53. The number of aryl methyl sites for hydroxylation is 1. The van der Waals surface area contributed by atoms with Crippen molar-refractivity contribution in [2.24, 2.45) is 0 Å². The van der Waals surface area contributed by atoms with Gasteiger partial charge < -0.3 is 10.1 Å². The van der Waals surface area contributed by atoms with E-state index in [1.807, 2.05) is 25.1 Å². The number of amides is 1. The van der Waals surface area contributed by atoms with E-state index in [-0.39, 0.29) is 12.5 Å². The number of hydrogen-bond acceptors (Lipinski definition) is 3. The molecule has 0 spiro atoms. The van der Waals surface area contributed by atoms with Crippen LogP contribution in [0.15, 0.2) is 47.1 Å². The first kappa shape index (κ1) is 13.5. The normalized spacial score (nSPS) is 10.0. The van der Waals surface area contributed by atoms with Crippen LogP contribution in [0, 0.1) is 6.92 Å². The van der Waals surface area contributed by atoms with Gasteiger partial charge in [-0.2, -0.15) is 0 Å². The van der Waals surface area contributed by atoms with E-state index in [1.165, 1.54) is 0 Å². The van der Waals surface area contributed by atoms with Crippen molar-refractivity contribution in [1.82, 2.24) is 4.98 Å². The van der Waals surface area contributed by atoms with Crippen LogP contribution in [-0.4, -0.2) is 17.5 Å². The molecular weight excluding hydrogens is 308 g/mol. The average molecular weight is 321 g/mol. The van der Waals surface area contributed by atoms with Crippen molar-refractivity contribution in [3.05, 3.63) is 52.6 Å². The third-order valence-corrected chi connectivity index (χ3v) is 2.89. The molecule has 4 nitrogen and oxygen atoms in total. The van der Waals surface area contributed by atoms with Crippen LogP contribution < -0.4 is 10.1 Å². The van der Waals surface area contributed by atoms with E-state index in [1.54, 1.807) is 24.4 Å². The van der Waals surface area contributed by atoms with Crippen molar-refractivity contribution in [3.8, 4) is 5.75 Å². The molecule has 0 unspecified atom stereocenters. The number of carbonyl (C=O) groups is 1. The van der Waals surface area contributed by atoms with Crippen molar-refractivity contribution in [3.63, 3.8) is 0 Å². The molecule has 0 saturated carbocycles. The minimum absolute atomic E-state index is 0.0445. The smallest absolute Gasteiger partial charge is 0.263 e. The standard InChI is InChI=1S/C14H13BrN2O2/c1-10-2-7-13(16-8-10)17-14(18)9-19-12-5-3-11(15)4-6-12/h2-8H,9H2,1H3,(H,16,17,18). The second kappa shape index (κ2) is 6.33. The molecular formula is C14H13BrN2O2. The van der Waals surface area contributed by atoms with Crippen molar-refractivity contribution >= 4 is 27.7 Å². The maximum absolute atomic E-state index is 11.7. The minimum atomic E-state index is -0.237. The van der Waals surface area contributed by atoms with E-state index in [0.717, 1.165) is 10.0 Å². The fraction of sp³-hybridized carbons (Fsp3) is 0.143. The number of rotatable bonds is 4. The number of aromatic nitrogens is 1. The molecule has 1 heterocycles. The Bertz CT molecular complexity index is 553. The Balaban J connectivity index is 1.84. The number of carbonyl (C=O) groups excluding carboxylic acids is 1. The molecule has 0 atom stereocenters. The highest BCUT2D eigenvalue weighted by Gasteiger charge is 2.04. The first-order valence-electron chi connectivity index (χ1n) is 5.74. The number of nitrogens with zero attached hydrogens (tertiary/aromatic N) is 1. The second-order valence-electron chi connectivity index (χ2n) is 4.01. The number of anilines is 1. The molecule has 1 aromatic heterocycles. The summed E-state index contributed by atoms with van der Waals surface area (Å²) in [5, 5.41) is 2.67. The summed E-state index contributed by atoms with van der Waals surface area (Å²) in [4.78, 5) is 15.7. The predicted octanol–water partition coefficient (Wildman–Crippen LogP) is 3.17. The van der Waals surface area contributed by atoms with Crippen molar-refractivity contribution in [1.29, 1.82) is 0 Å². The van der Waals surface area contributed by atoms with E-state index in [9.17, 15) is 4.79 Å². The zero-order valence-corrected chi connectivity index (χ0v) is 12.0. The Kier molecular flexibility index (Phi) is 4.52. The summed E-state index contributed by atoms with van der Waals surface area (Å²) in [6, 6.07) is 10.9. The third kappa shape index (κ3) is 4.37. The Hall–Kier alpha value is -1.88. The fourth-order valence-electron chi connectivity index (χ4n) is 1.40. The van der Waals surface area contributed by atoms with E-state index in [0.29, 0.717) is 11.6 Å². The van der Waals surface area contributed by atoms with Gasteiger partial charge in [0.1, 0.15) is 11.6 Å². The molecule has 2 aromatic rings. The number of halogens is 1. The van der Waals surface area contributed by atoms with E-state index in [4.69, 9.17) is 4.74 Å². The van der Waals surface area contributed by atoms with Gasteiger partial charge in [0.25, 0.3) is 5.91 Å². The van der Waals surface area contributed by atoms with Gasteiger partial charge in [-0.25, -0.2) is 4.98 Å². The highest BCUT2D eigenvalue weighted by atomic mass is 79.9.